The number of fused-ring (bicyclic) bond motifs is 1. The number of amides is 3. The number of thiophene rings is 1. The van der Waals surface area contributed by atoms with E-state index in [-0.39, 0.29) is 0 Å². The minimum Gasteiger partial charge on any atom is -0.442 e. The molecule has 1 unspecified atom stereocenters. The van der Waals surface area contributed by atoms with Gasteiger partial charge in [0, 0.05) is 29.9 Å². The zero-order valence-corrected chi connectivity index (χ0v) is 25.5. The van der Waals surface area contributed by atoms with Gasteiger partial charge in [0.25, 0.3) is 11.8 Å². The number of nitrogens with one attached hydrogen (secondary N) is 2. The molecule has 1 fully saturated rings. The van der Waals surface area contributed by atoms with Crippen LogP contribution in [0.2, 0.25) is 0 Å². The molecule has 2 N–H and O–H groups in total. The molecule has 1 atom stereocenters. The summed E-state index contributed by atoms with van der Waals surface area (Å²) in [6, 6.07) is 18.5. The summed E-state index contributed by atoms with van der Waals surface area (Å²) < 4.78 is 5.65. The summed E-state index contributed by atoms with van der Waals surface area (Å²) >= 11 is 1.29. The third-order valence-electron chi connectivity index (χ3n) is 7.43. The summed E-state index contributed by atoms with van der Waals surface area (Å²) in [6.45, 7) is 10.6. The lowest BCUT2D eigenvalue weighted by atomic mass is 10.00. The molecule has 0 spiro atoms. The highest BCUT2D eigenvalue weighted by Gasteiger charge is 2.54. The van der Waals surface area contributed by atoms with E-state index in [4.69, 9.17) is 4.74 Å². The molecule has 0 bridgehead atoms. The van der Waals surface area contributed by atoms with Crippen molar-refractivity contribution in [3.8, 4) is 0 Å². The van der Waals surface area contributed by atoms with Crippen molar-refractivity contribution < 1.29 is 19.1 Å². The van der Waals surface area contributed by atoms with E-state index >= 15 is 0 Å². The normalized spacial score (nSPS) is 18.8. The number of rotatable bonds is 7. The molecule has 9 nitrogen and oxygen atoms in total. The van der Waals surface area contributed by atoms with Crippen LogP contribution >= 0.6 is 11.3 Å². The van der Waals surface area contributed by atoms with Gasteiger partial charge in [-0.1, -0.05) is 36.8 Å². The summed E-state index contributed by atoms with van der Waals surface area (Å²) in [4.78, 5) is 45.7. The second-order valence-electron chi connectivity index (χ2n) is 11.7. The number of benzene rings is 2. The third kappa shape index (κ3) is 6.21. The number of hydrogen-bond acceptors (Lipinski definition) is 7. The molecule has 222 valence electrons. The van der Waals surface area contributed by atoms with Crippen molar-refractivity contribution in [1.82, 2.24) is 15.6 Å². The molecule has 0 saturated carbocycles. The maximum Gasteiger partial charge on any atom is 0.430 e. The molecule has 42 heavy (non-hydrogen) atoms. The second-order valence-corrected chi connectivity index (χ2v) is 12.6. The van der Waals surface area contributed by atoms with E-state index < -0.39 is 29.2 Å². The van der Waals surface area contributed by atoms with Crippen LogP contribution < -0.4 is 20.7 Å². The molecule has 2 aliphatic rings. The smallest absolute Gasteiger partial charge is 0.430 e. The van der Waals surface area contributed by atoms with Gasteiger partial charge in [0.05, 0.1) is 0 Å². The van der Waals surface area contributed by atoms with Gasteiger partial charge in [-0.05, 0) is 94.9 Å². The minimum absolute atomic E-state index is 0.346. The Morgan fingerprint density at radius 2 is 1.69 bits per heavy atom. The molecular weight excluding hydrogens is 550 g/mol. The Morgan fingerprint density at radius 1 is 1.00 bits per heavy atom. The molecule has 3 amide bonds. The van der Waals surface area contributed by atoms with Gasteiger partial charge >= 0.3 is 6.09 Å². The SMILES string of the molecule is CCN(C(=O)C1(NC(=O)c2ccc(CN3CCCCC3)cc2)NN(C(=O)OC(C)(C)C)c2sccc21)c1ccccc1. The highest BCUT2D eigenvalue weighted by Crippen LogP contribution is 2.42. The monoisotopic (exact) mass is 589 g/mol. The lowest BCUT2D eigenvalue weighted by molar-refractivity contribution is -0.126. The van der Waals surface area contributed by atoms with Gasteiger partial charge < -0.3 is 15.0 Å². The number of likely N-dealkylation sites (N-methyl/N-ethyl adjacent to an activating group) is 1. The summed E-state index contributed by atoms with van der Waals surface area (Å²) in [5.74, 6) is -0.857. The van der Waals surface area contributed by atoms with Crippen LogP contribution in [-0.2, 0) is 21.7 Å². The quantitative estimate of drug-likeness (QED) is 0.371. The number of ether oxygens (including phenoxy) is 1. The fraction of sp³-hybridized carbons (Fsp3) is 0.406. The van der Waals surface area contributed by atoms with Gasteiger partial charge in [0.15, 0.2) is 0 Å². The van der Waals surface area contributed by atoms with Crippen molar-refractivity contribution in [3.05, 3.63) is 82.7 Å². The van der Waals surface area contributed by atoms with E-state index in [9.17, 15) is 14.4 Å². The summed E-state index contributed by atoms with van der Waals surface area (Å²) in [7, 11) is 0. The Bertz CT molecular complexity index is 1410. The van der Waals surface area contributed by atoms with Crippen LogP contribution in [0.5, 0.6) is 0 Å². The van der Waals surface area contributed by atoms with Crippen LogP contribution in [-0.4, -0.2) is 48.0 Å². The number of hydrazine groups is 1. The van der Waals surface area contributed by atoms with Gasteiger partial charge in [-0.15, -0.1) is 11.3 Å². The molecule has 3 heterocycles. The van der Waals surface area contributed by atoms with Crippen LogP contribution in [0.1, 0.15) is 68.4 Å². The Morgan fingerprint density at radius 3 is 2.33 bits per heavy atom. The van der Waals surface area contributed by atoms with Crippen LogP contribution in [0.3, 0.4) is 0 Å². The molecule has 3 aromatic rings. The molecule has 2 aromatic carbocycles. The molecule has 1 saturated heterocycles. The fourth-order valence-corrected chi connectivity index (χ4v) is 6.33. The second kappa shape index (κ2) is 12.2. The van der Waals surface area contributed by atoms with Gasteiger partial charge in [-0.25, -0.2) is 4.79 Å². The maximum atomic E-state index is 14.5. The third-order valence-corrected chi connectivity index (χ3v) is 8.33. The first kappa shape index (κ1) is 29.8. The lowest BCUT2D eigenvalue weighted by Gasteiger charge is -2.35. The van der Waals surface area contributed by atoms with E-state index in [0.29, 0.717) is 28.4 Å². The van der Waals surface area contributed by atoms with E-state index in [1.54, 1.807) is 49.3 Å². The lowest BCUT2D eigenvalue weighted by Crippen LogP contribution is -2.66. The Labute approximate surface area is 251 Å². The van der Waals surface area contributed by atoms with Crippen molar-refractivity contribution in [3.63, 3.8) is 0 Å². The van der Waals surface area contributed by atoms with Crippen molar-refractivity contribution >= 4 is 39.9 Å². The molecule has 0 radical (unpaired) electrons. The molecule has 2 aliphatic heterocycles. The average Bonchev–Trinajstić information content (AvgIpc) is 3.57. The predicted octanol–water partition coefficient (Wildman–Crippen LogP) is 5.63. The van der Waals surface area contributed by atoms with E-state index in [1.165, 1.54) is 35.6 Å². The Hall–Kier alpha value is -3.73. The first-order valence-electron chi connectivity index (χ1n) is 14.5. The zero-order valence-electron chi connectivity index (χ0n) is 24.7. The summed E-state index contributed by atoms with van der Waals surface area (Å²) in [5, 5.41) is 6.50. The summed E-state index contributed by atoms with van der Waals surface area (Å²) in [6.07, 6.45) is 3.04. The van der Waals surface area contributed by atoms with Gasteiger partial charge in [0.1, 0.15) is 10.6 Å². The van der Waals surface area contributed by atoms with E-state index in [1.807, 2.05) is 49.4 Å². The number of likely N-dealkylation sites (tertiary alicyclic amines) is 1. The van der Waals surface area contributed by atoms with Crippen LogP contribution in [0, 0.1) is 0 Å². The summed E-state index contributed by atoms with van der Waals surface area (Å²) in [5.41, 5.74) is 3.26. The molecule has 10 heteroatoms. The maximum absolute atomic E-state index is 14.5. The standard InChI is InChI=1S/C32H39N5O4S/c1-5-36(25-12-8-6-9-13-25)29(39)32(26-18-21-42-28(26)37(34-32)30(40)41-31(2,3)4)33-27(38)24-16-14-23(15-17-24)22-35-19-10-7-11-20-35/h6,8-9,12-18,21,34H,5,7,10-11,19-20,22H2,1-4H3,(H,33,38). The van der Waals surface area contributed by atoms with Gasteiger partial charge in [-0.3, -0.25) is 14.5 Å². The van der Waals surface area contributed by atoms with Crippen LogP contribution in [0.25, 0.3) is 0 Å². The minimum atomic E-state index is -1.75. The number of hydrogen-bond donors (Lipinski definition) is 2. The Balaban J connectivity index is 1.47. The van der Waals surface area contributed by atoms with Gasteiger partial charge in [0.2, 0.25) is 5.66 Å². The number of anilines is 2. The van der Waals surface area contributed by atoms with E-state index in [0.717, 1.165) is 25.2 Å². The van der Waals surface area contributed by atoms with Crippen molar-refractivity contribution in [2.24, 2.45) is 0 Å². The molecule has 0 aliphatic carbocycles. The number of para-hydroxylation sites is 1. The zero-order chi connectivity index (χ0) is 29.9. The van der Waals surface area contributed by atoms with Crippen LogP contribution in [0.15, 0.2) is 66.0 Å². The first-order chi connectivity index (χ1) is 20.1. The molecule has 5 rings (SSSR count). The molecular formula is C32H39N5O4S. The number of piperidine rings is 1. The fourth-order valence-electron chi connectivity index (χ4n) is 5.42. The first-order valence-corrected chi connectivity index (χ1v) is 15.4. The van der Waals surface area contributed by atoms with Gasteiger partial charge in [-0.2, -0.15) is 10.4 Å². The number of carbonyl (C=O) groups is 3. The predicted molar refractivity (Wildman–Crippen MR) is 165 cm³/mol. The average molecular weight is 590 g/mol. The highest BCUT2D eigenvalue weighted by molar-refractivity contribution is 7.14. The number of nitrogens with zero attached hydrogens (tertiary/aromatic N) is 3. The van der Waals surface area contributed by atoms with Crippen LogP contribution in [0.4, 0.5) is 15.5 Å². The van der Waals surface area contributed by atoms with Crippen molar-refractivity contribution in [2.45, 2.75) is 64.8 Å². The van der Waals surface area contributed by atoms with E-state index in [2.05, 4.69) is 15.6 Å². The van der Waals surface area contributed by atoms with Crippen molar-refractivity contribution in [2.75, 3.05) is 29.5 Å². The van der Waals surface area contributed by atoms with Crippen molar-refractivity contribution in [1.29, 1.82) is 0 Å². The number of carbonyl (C=O) groups excluding carboxylic acids is 3. The largest absolute Gasteiger partial charge is 0.442 e. The topological polar surface area (TPSA) is 94.2 Å². The Kier molecular flexibility index (Phi) is 8.68. The molecule has 1 aromatic heterocycles. The highest BCUT2D eigenvalue weighted by atomic mass is 32.1.